The number of hydrogen-bond acceptors (Lipinski definition) is 3. The van der Waals surface area contributed by atoms with E-state index < -0.39 is 0 Å². The van der Waals surface area contributed by atoms with Crippen LogP contribution in [0.4, 0.5) is 0 Å². The number of nitrogen functional groups attached to an aromatic ring is 2. The summed E-state index contributed by atoms with van der Waals surface area (Å²) in [6.07, 6.45) is 0. The van der Waals surface area contributed by atoms with E-state index in [1.54, 1.807) is 24.3 Å². The van der Waals surface area contributed by atoms with Gasteiger partial charge in [-0.15, -0.1) is 24.8 Å². The highest BCUT2D eigenvalue weighted by atomic mass is 35.5. The lowest BCUT2D eigenvalue weighted by molar-refractivity contribution is 0.477. The zero-order valence-corrected chi connectivity index (χ0v) is 14.1. The molecule has 0 radical (unpaired) electrons. The topological polar surface area (TPSA) is 136 Å². The molecule has 0 fully saturated rings. The summed E-state index contributed by atoms with van der Waals surface area (Å²) in [7, 11) is 0. The Morgan fingerprint density at radius 3 is 2.04 bits per heavy atom. The van der Waals surface area contributed by atoms with Crippen LogP contribution < -0.4 is 11.5 Å². The van der Waals surface area contributed by atoms with E-state index >= 15 is 0 Å². The molecule has 0 atom stereocenters. The van der Waals surface area contributed by atoms with E-state index in [4.69, 9.17) is 22.3 Å². The Kier molecular flexibility index (Phi) is 5.84. The Balaban J connectivity index is 0.00000144. The fourth-order valence-electron chi connectivity index (χ4n) is 2.37. The number of hydrogen-bond donors (Lipinski definition) is 6. The smallest absolute Gasteiger partial charge is 0.125 e. The fourth-order valence-corrected chi connectivity index (χ4v) is 2.37. The summed E-state index contributed by atoms with van der Waals surface area (Å²) in [4.78, 5) is 3.20. The Labute approximate surface area is 150 Å². The van der Waals surface area contributed by atoms with Crippen molar-refractivity contribution in [2.75, 3.05) is 0 Å². The summed E-state index contributed by atoms with van der Waals surface area (Å²) in [5, 5.41) is 25.9. The molecule has 0 saturated heterocycles. The first kappa shape index (κ1) is 19.3. The molecule has 126 valence electrons. The number of amidine groups is 2. The third kappa shape index (κ3) is 3.45. The molecule has 3 rings (SSSR count). The first-order chi connectivity index (χ1) is 10.5. The van der Waals surface area contributed by atoms with Gasteiger partial charge < -0.3 is 21.6 Å². The highest BCUT2D eigenvalue weighted by molar-refractivity contribution is 6.00. The maximum Gasteiger partial charge on any atom is 0.125 e. The maximum atomic E-state index is 10.1. The number of aromatic amines is 1. The number of phenols is 1. The average molecular weight is 366 g/mol. The van der Waals surface area contributed by atoms with Crippen molar-refractivity contribution in [1.82, 2.24) is 4.98 Å². The minimum Gasteiger partial charge on any atom is -0.507 e. The normalized spacial score (nSPS) is 9.83. The van der Waals surface area contributed by atoms with Gasteiger partial charge in [-0.05, 0) is 24.3 Å². The van der Waals surface area contributed by atoms with Gasteiger partial charge in [0.2, 0.25) is 0 Å². The van der Waals surface area contributed by atoms with E-state index in [0.29, 0.717) is 16.7 Å². The summed E-state index contributed by atoms with van der Waals surface area (Å²) in [5.74, 6) is -0.0395. The molecule has 0 saturated carbocycles. The predicted molar refractivity (Wildman–Crippen MR) is 102 cm³/mol. The van der Waals surface area contributed by atoms with Crippen LogP contribution in [-0.2, 0) is 0 Å². The van der Waals surface area contributed by atoms with E-state index in [-0.39, 0.29) is 42.2 Å². The number of nitrogens with two attached hydrogens (primary N) is 2. The van der Waals surface area contributed by atoms with Crippen LogP contribution in [0, 0.1) is 10.8 Å². The van der Waals surface area contributed by atoms with Crippen molar-refractivity contribution in [2.24, 2.45) is 11.5 Å². The van der Waals surface area contributed by atoms with Gasteiger partial charge in [0.15, 0.2) is 0 Å². The number of nitrogens with one attached hydrogen (secondary N) is 3. The third-order valence-electron chi connectivity index (χ3n) is 3.53. The summed E-state index contributed by atoms with van der Waals surface area (Å²) < 4.78 is 0. The van der Waals surface area contributed by atoms with Crippen LogP contribution in [0.25, 0.3) is 22.2 Å². The van der Waals surface area contributed by atoms with Crippen LogP contribution in [0.2, 0.25) is 0 Å². The molecule has 8 N–H and O–H groups in total. The van der Waals surface area contributed by atoms with Crippen LogP contribution in [-0.4, -0.2) is 21.8 Å². The van der Waals surface area contributed by atoms with Crippen molar-refractivity contribution in [2.45, 2.75) is 0 Å². The molecule has 0 spiro atoms. The van der Waals surface area contributed by atoms with Crippen molar-refractivity contribution in [3.63, 3.8) is 0 Å². The summed E-state index contributed by atoms with van der Waals surface area (Å²) in [5.41, 5.74) is 14.2. The molecule has 6 nitrogen and oxygen atoms in total. The first-order valence-electron chi connectivity index (χ1n) is 6.60. The fraction of sp³-hybridized carbons (Fsp3) is 0. The Bertz CT molecular complexity index is 920. The number of benzene rings is 2. The monoisotopic (exact) mass is 365 g/mol. The molecular formula is C16H17Cl2N5O. The van der Waals surface area contributed by atoms with Crippen LogP contribution >= 0.6 is 24.8 Å². The minimum absolute atomic E-state index is 0. The SMILES string of the molecule is Cl.Cl.N=C(N)c1ccc(-c2cc3ccc(C(=N)N)cc3[nH]2)c(O)c1. The molecule has 2 aromatic carbocycles. The van der Waals surface area contributed by atoms with E-state index in [0.717, 1.165) is 16.6 Å². The number of aromatic hydroxyl groups is 1. The lowest BCUT2D eigenvalue weighted by Gasteiger charge is -2.04. The average Bonchev–Trinajstić information content (AvgIpc) is 2.89. The summed E-state index contributed by atoms with van der Waals surface area (Å²) in [6.45, 7) is 0. The first-order valence-corrected chi connectivity index (χ1v) is 6.60. The molecule has 1 heterocycles. The summed E-state index contributed by atoms with van der Waals surface area (Å²) >= 11 is 0. The molecule has 8 heteroatoms. The van der Waals surface area contributed by atoms with Gasteiger partial charge in [0.05, 0.1) is 5.69 Å². The van der Waals surface area contributed by atoms with Gasteiger partial charge >= 0.3 is 0 Å². The van der Waals surface area contributed by atoms with Gasteiger partial charge in [0.1, 0.15) is 17.4 Å². The Morgan fingerprint density at radius 1 is 0.875 bits per heavy atom. The van der Waals surface area contributed by atoms with Crippen LogP contribution in [0.3, 0.4) is 0 Å². The molecule has 1 aromatic heterocycles. The second-order valence-corrected chi connectivity index (χ2v) is 5.04. The second-order valence-electron chi connectivity index (χ2n) is 5.04. The highest BCUT2D eigenvalue weighted by Crippen LogP contribution is 2.31. The largest absolute Gasteiger partial charge is 0.507 e. The van der Waals surface area contributed by atoms with Gasteiger partial charge in [-0.1, -0.05) is 18.2 Å². The standard InChI is InChI=1S/C16H15N5O.2ClH/c17-15(18)9-2-1-8-5-13(21-12(8)6-9)11-4-3-10(16(19)20)7-14(11)22;;/h1-7,21-22H,(H3,17,18)(H3,19,20);2*1H. The molecule has 0 unspecified atom stereocenters. The number of halogens is 2. The van der Waals surface area contributed by atoms with E-state index in [1.807, 2.05) is 12.1 Å². The van der Waals surface area contributed by atoms with Crippen molar-refractivity contribution in [1.29, 1.82) is 10.8 Å². The molecule has 0 aliphatic rings. The number of H-pyrrole nitrogens is 1. The quantitative estimate of drug-likeness (QED) is 0.314. The van der Waals surface area contributed by atoms with Crippen molar-refractivity contribution in [3.05, 3.63) is 53.6 Å². The van der Waals surface area contributed by atoms with Crippen molar-refractivity contribution in [3.8, 4) is 17.0 Å². The Morgan fingerprint density at radius 2 is 1.46 bits per heavy atom. The molecule has 0 bridgehead atoms. The minimum atomic E-state index is -0.0930. The zero-order valence-electron chi connectivity index (χ0n) is 12.5. The molecule has 3 aromatic rings. The molecule has 0 aliphatic heterocycles. The third-order valence-corrected chi connectivity index (χ3v) is 3.53. The number of phenolic OH excluding ortho intramolecular Hbond substituents is 1. The van der Waals surface area contributed by atoms with E-state index in [9.17, 15) is 5.11 Å². The summed E-state index contributed by atoms with van der Waals surface area (Å²) in [6, 6.07) is 12.2. The van der Waals surface area contributed by atoms with Crippen molar-refractivity contribution >= 4 is 47.4 Å². The second kappa shape index (κ2) is 7.25. The van der Waals surface area contributed by atoms with Gasteiger partial charge in [0, 0.05) is 27.6 Å². The van der Waals surface area contributed by atoms with Crippen LogP contribution in [0.1, 0.15) is 11.1 Å². The predicted octanol–water partition coefficient (Wildman–Crippen LogP) is 2.95. The Hall–Kier alpha value is -2.70. The molecule has 0 amide bonds. The lowest BCUT2D eigenvalue weighted by Crippen LogP contribution is -2.10. The van der Waals surface area contributed by atoms with Gasteiger partial charge in [-0.2, -0.15) is 0 Å². The van der Waals surface area contributed by atoms with Gasteiger partial charge in [-0.3, -0.25) is 10.8 Å². The lowest BCUT2D eigenvalue weighted by atomic mass is 10.1. The van der Waals surface area contributed by atoms with E-state index in [1.165, 1.54) is 6.07 Å². The highest BCUT2D eigenvalue weighted by Gasteiger charge is 2.10. The molecule has 0 aliphatic carbocycles. The zero-order chi connectivity index (χ0) is 15.9. The molecular weight excluding hydrogens is 349 g/mol. The molecule has 24 heavy (non-hydrogen) atoms. The maximum absolute atomic E-state index is 10.1. The van der Waals surface area contributed by atoms with Crippen molar-refractivity contribution < 1.29 is 5.11 Å². The number of rotatable bonds is 3. The number of aromatic nitrogens is 1. The van der Waals surface area contributed by atoms with Crippen LogP contribution in [0.5, 0.6) is 5.75 Å². The van der Waals surface area contributed by atoms with E-state index in [2.05, 4.69) is 4.98 Å². The van der Waals surface area contributed by atoms with Crippen LogP contribution in [0.15, 0.2) is 42.5 Å². The number of fused-ring (bicyclic) bond motifs is 1. The van der Waals surface area contributed by atoms with Gasteiger partial charge in [-0.25, -0.2) is 0 Å². The van der Waals surface area contributed by atoms with Gasteiger partial charge in [0.25, 0.3) is 0 Å².